The number of benzene rings is 1. The molecule has 2 N–H and O–H groups in total. The molecule has 0 saturated heterocycles. The lowest BCUT2D eigenvalue weighted by molar-refractivity contribution is -0.114. The molecule has 1 saturated carbocycles. The Bertz CT molecular complexity index is 788. The monoisotopic (exact) mass is 405 g/mol. The highest BCUT2D eigenvalue weighted by atomic mass is 32.2. The van der Waals surface area contributed by atoms with E-state index < -0.39 is 0 Å². The Balaban J connectivity index is 1.43. The lowest BCUT2D eigenvalue weighted by atomic mass is 10.3. The van der Waals surface area contributed by atoms with Gasteiger partial charge in [-0.2, -0.15) is 0 Å². The van der Waals surface area contributed by atoms with Gasteiger partial charge in [0.05, 0.1) is 17.2 Å². The third-order valence-corrected chi connectivity index (χ3v) is 6.47. The minimum atomic E-state index is -0.210. The second-order valence-corrected chi connectivity index (χ2v) is 8.76. The molecule has 27 heavy (non-hydrogen) atoms. The van der Waals surface area contributed by atoms with Gasteiger partial charge in [0.25, 0.3) is 0 Å². The van der Waals surface area contributed by atoms with E-state index in [0.717, 1.165) is 10.6 Å². The molecule has 8 heteroatoms. The first-order valence-corrected chi connectivity index (χ1v) is 11.0. The zero-order valence-electron chi connectivity index (χ0n) is 15.2. The number of aryl methyl sites for hydroxylation is 1. The van der Waals surface area contributed by atoms with E-state index in [1.54, 1.807) is 13.0 Å². The topological polar surface area (TPSA) is 84.2 Å². The Morgan fingerprint density at radius 3 is 2.56 bits per heavy atom. The molecule has 1 aliphatic rings. The average Bonchev–Trinajstić information content (AvgIpc) is 3.28. The Hall–Kier alpha value is -1.93. The van der Waals surface area contributed by atoms with Gasteiger partial charge in [-0.25, -0.2) is 0 Å². The van der Waals surface area contributed by atoms with Gasteiger partial charge in [-0.1, -0.05) is 30.1 Å². The van der Waals surface area contributed by atoms with Crippen molar-refractivity contribution < 1.29 is 14.1 Å². The molecule has 0 unspecified atom stereocenters. The normalized spacial score (nSPS) is 14.3. The molecule has 6 nitrogen and oxygen atoms in total. The second-order valence-electron chi connectivity index (χ2n) is 6.43. The van der Waals surface area contributed by atoms with Crippen molar-refractivity contribution in [1.29, 1.82) is 0 Å². The third-order valence-electron chi connectivity index (χ3n) is 4.12. The van der Waals surface area contributed by atoms with Crippen LogP contribution in [0.2, 0.25) is 0 Å². The summed E-state index contributed by atoms with van der Waals surface area (Å²) in [5, 5.41) is 9.96. The molecule has 0 bridgehead atoms. The summed E-state index contributed by atoms with van der Waals surface area (Å²) < 4.78 is 4.90. The number of carbonyl (C=O) groups excluding carboxylic acids is 2. The molecule has 0 radical (unpaired) electrons. The van der Waals surface area contributed by atoms with Gasteiger partial charge in [0, 0.05) is 16.2 Å². The number of nitrogens with zero attached hydrogens (tertiary/aromatic N) is 1. The van der Waals surface area contributed by atoms with E-state index in [9.17, 15) is 9.59 Å². The molecule has 1 aromatic carbocycles. The molecule has 1 fully saturated rings. The summed E-state index contributed by atoms with van der Waals surface area (Å²) in [5.41, 5.74) is 0.850. The summed E-state index contributed by atoms with van der Waals surface area (Å²) in [5.74, 6) is 1.10. The van der Waals surface area contributed by atoms with Crippen molar-refractivity contribution in [3.63, 3.8) is 0 Å². The van der Waals surface area contributed by atoms with Crippen LogP contribution in [0.5, 0.6) is 0 Å². The van der Waals surface area contributed by atoms with Crippen LogP contribution >= 0.6 is 23.5 Å². The first kappa shape index (κ1) is 19.8. The van der Waals surface area contributed by atoms with E-state index in [1.807, 2.05) is 30.0 Å². The molecule has 1 aromatic heterocycles. The fourth-order valence-corrected chi connectivity index (χ4v) is 4.83. The van der Waals surface area contributed by atoms with Crippen LogP contribution in [-0.2, 0) is 9.59 Å². The zero-order chi connectivity index (χ0) is 19.1. The van der Waals surface area contributed by atoms with Crippen LogP contribution in [0.15, 0.2) is 39.8 Å². The van der Waals surface area contributed by atoms with E-state index in [4.69, 9.17) is 4.52 Å². The van der Waals surface area contributed by atoms with Crippen molar-refractivity contribution >= 4 is 46.8 Å². The first-order chi connectivity index (χ1) is 13.1. The van der Waals surface area contributed by atoms with Gasteiger partial charge in [-0.3, -0.25) is 9.59 Å². The lowest BCUT2D eigenvalue weighted by Gasteiger charge is -2.14. The van der Waals surface area contributed by atoms with E-state index in [1.165, 1.54) is 37.4 Å². The largest absolute Gasteiger partial charge is 0.360 e. The van der Waals surface area contributed by atoms with Crippen LogP contribution in [0.4, 0.5) is 11.5 Å². The fourth-order valence-electron chi connectivity index (χ4n) is 2.89. The summed E-state index contributed by atoms with van der Waals surface area (Å²) in [6.07, 6.45) is 5.06. The number of carbonyl (C=O) groups is 2. The Labute approximate surface area is 167 Å². The summed E-state index contributed by atoms with van der Waals surface area (Å²) in [6, 6.07) is 9.55. The van der Waals surface area contributed by atoms with Crippen LogP contribution in [0.1, 0.15) is 31.4 Å². The summed E-state index contributed by atoms with van der Waals surface area (Å²) in [7, 11) is 0. The molecular weight excluding hydrogens is 382 g/mol. The molecule has 144 valence electrons. The number of para-hydroxylation sites is 1. The molecule has 1 aliphatic carbocycles. The van der Waals surface area contributed by atoms with Gasteiger partial charge >= 0.3 is 0 Å². The highest BCUT2D eigenvalue weighted by molar-refractivity contribution is 8.00. The minimum absolute atomic E-state index is 0.107. The van der Waals surface area contributed by atoms with Crippen molar-refractivity contribution in [2.75, 3.05) is 22.1 Å². The van der Waals surface area contributed by atoms with Gasteiger partial charge in [-0.15, -0.1) is 23.5 Å². The van der Waals surface area contributed by atoms with E-state index in [-0.39, 0.29) is 23.3 Å². The molecule has 2 amide bonds. The summed E-state index contributed by atoms with van der Waals surface area (Å²) >= 11 is 3.11. The standard InChI is InChI=1S/C19H23N3O3S2/c1-13-10-17(22-25-13)21-19(24)12-26-11-18(23)20-15-8-4-5-9-16(15)27-14-6-2-3-7-14/h4-5,8-10,14H,2-3,6-7,11-12H2,1H3,(H,20,23)(H,21,22,24). The summed E-state index contributed by atoms with van der Waals surface area (Å²) in [6.45, 7) is 1.75. The van der Waals surface area contributed by atoms with Crippen LogP contribution < -0.4 is 10.6 Å². The van der Waals surface area contributed by atoms with Gasteiger partial charge in [0.1, 0.15) is 5.76 Å². The molecule has 1 heterocycles. The molecular formula is C19H23N3O3S2. The van der Waals surface area contributed by atoms with Crippen LogP contribution in [0.25, 0.3) is 0 Å². The molecule has 2 aromatic rings. The number of rotatable bonds is 8. The van der Waals surface area contributed by atoms with Gasteiger partial charge < -0.3 is 15.2 Å². The maximum Gasteiger partial charge on any atom is 0.235 e. The smallest absolute Gasteiger partial charge is 0.235 e. The molecule has 0 atom stereocenters. The Morgan fingerprint density at radius 2 is 1.85 bits per heavy atom. The number of nitrogens with one attached hydrogen (secondary N) is 2. The SMILES string of the molecule is Cc1cc(NC(=O)CSCC(=O)Nc2ccccc2SC2CCCC2)no1. The van der Waals surface area contributed by atoms with Crippen molar-refractivity contribution in [1.82, 2.24) is 5.16 Å². The van der Waals surface area contributed by atoms with Crippen molar-refractivity contribution in [2.24, 2.45) is 0 Å². The quantitative estimate of drug-likeness (QED) is 0.680. The van der Waals surface area contributed by atoms with Crippen LogP contribution in [0.3, 0.4) is 0 Å². The number of thioether (sulfide) groups is 2. The first-order valence-electron chi connectivity index (χ1n) is 8.96. The predicted molar refractivity (Wildman–Crippen MR) is 110 cm³/mol. The third kappa shape index (κ3) is 6.32. The zero-order valence-corrected chi connectivity index (χ0v) is 16.8. The van der Waals surface area contributed by atoms with Gasteiger partial charge in [0.2, 0.25) is 11.8 Å². The number of hydrogen-bond acceptors (Lipinski definition) is 6. The molecule has 0 spiro atoms. The van der Waals surface area contributed by atoms with Crippen molar-refractivity contribution in [2.45, 2.75) is 42.8 Å². The van der Waals surface area contributed by atoms with E-state index >= 15 is 0 Å². The maximum absolute atomic E-state index is 12.2. The predicted octanol–water partition coefficient (Wildman–Crippen LogP) is 4.33. The van der Waals surface area contributed by atoms with Crippen molar-refractivity contribution in [3.8, 4) is 0 Å². The second kappa shape index (κ2) is 9.85. The van der Waals surface area contributed by atoms with Crippen molar-refractivity contribution in [3.05, 3.63) is 36.1 Å². The average molecular weight is 406 g/mol. The molecule has 0 aliphatic heterocycles. The highest BCUT2D eigenvalue weighted by Crippen LogP contribution is 2.38. The van der Waals surface area contributed by atoms with Gasteiger partial charge in [0.15, 0.2) is 5.82 Å². The lowest BCUT2D eigenvalue weighted by Crippen LogP contribution is -2.18. The van der Waals surface area contributed by atoms with Crippen LogP contribution in [-0.4, -0.2) is 33.7 Å². The Kier molecular flexibility index (Phi) is 7.23. The fraction of sp³-hybridized carbons (Fsp3) is 0.421. The number of anilines is 2. The van der Waals surface area contributed by atoms with Crippen LogP contribution in [0, 0.1) is 6.92 Å². The minimum Gasteiger partial charge on any atom is -0.360 e. The van der Waals surface area contributed by atoms with E-state index in [2.05, 4.69) is 21.9 Å². The maximum atomic E-state index is 12.2. The number of amides is 2. The van der Waals surface area contributed by atoms with Gasteiger partial charge in [-0.05, 0) is 31.9 Å². The number of hydrogen-bond donors (Lipinski definition) is 2. The summed E-state index contributed by atoms with van der Waals surface area (Å²) in [4.78, 5) is 25.2. The van der Waals surface area contributed by atoms with E-state index in [0.29, 0.717) is 16.8 Å². The molecule has 3 rings (SSSR count). The highest BCUT2D eigenvalue weighted by Gasteiger charge is 2.18. The Morgan fingerprint density at radius 1 is 1.15 bits per heavy atom. The number of aromatic nitrogens is 1.